The second-order valence-corrected chi connectivity index (χ2v) is 6.03. The Hall–Kier alpha value is -3.84. The standard InChI is InChI=1S/C24H19NO3/c1-28-24(27)21-15-12-20(13-16-21)18-25(22-10-6-3-7-11-22)23(26)17-14-19-8-4-2-5-9-19/h2-13,15-16H,18H2,1H3. The van der Waals surface area contributed by atoms with Gasteiger partial charge in [-0.3, -0.25) is 9.69 Å². The van der Waals surface area contributed by atoms with Crippen molar-refractivity contribution in [2.75, 3.05) is 12.0 Å². The van der Waals surface area contributed by atoms with E-state index in [0.29, 0.717) is 12.1 Å². The van der Waals surface area contributed by atoms with E-state index in [0.717, 1.165) is 16.8 Å². The number of carbonyl (C=O) groups excluding carboxylic acids is 2. The topological polar surface area (TPSA) is 46.6 Å². The van der Waals surface area contributed by atoms with Crippen molar-refractivity contribution in [1.29, 1.82) is 0 Å². The van der Waals surface area contributed by atoms with Gasteiger partial charge in [0.25, 0.3) is 0 Å². The van der Waals surface area contributed by atoms with Gasteiger partial charge in [0.15, 0.2) is 0 Å². The van der Waals surface area contributed by atoms with Crippen LogP contribution in [-0.2, 0) is 16.1 Å². The Morgan fingerprint density at radius 1 is 0.857 bits per heavy atom. The van der Waals surface area contributed by atoms with E-state index in [-0.39, 0.29) is 5.91 Å². The molecule has 0 saturated heterocycles. The highest BCUT2D eigenvalue weighted by molar-refractivity contribution is 6.06. The monoisotopic (exact) mass is 369 g/mol. The Labute approximate surface area is 164 Å². The molecule has 0 aliphatic carbocycles. The number of anilines is 1. The molecule has 28 heavy (non-hydrogen) atoms. The summed E-state index contributed by atoms with van der Waals surface area (Å²) in [6.45, 7) is 0.341. The van der Waals surface area contributed by atoms with E-state index in [4.69, 9.17) is 4.74 Å². The summed E-state index contributed by atoms with van der Waals surface area (Å²) in [6, 6.07) is 25.7. The second-order valence-electron chi connectivity index (χ2n) is 6.03. The molecule has 0 radical (unpaired) electrons. The SMILES string of the molecule is COC(=O)c1ccc(CN(C(=O)C#Cc2ccccc2)c2ccccc2)cc1. The summed E-state index contributed by atoms with van der Waals surface area (Å²) in [5.74, 6) is 4.94. The highest BCUT2D eigenvalue weighted by Crippen LogP contribution is 2.18. The number of para-hydroxylation sites is 1. The van der Waals surface area contributed by atoms with Crippen LogP contribution in [-0.4, -0.2) is 19.0 Å². The molecule has 0 aliphatic heterocycles. The summed E-state index contributed by atoms with van der Waals surface area (Å²) in [5.41, 5.74) is 2.89. The van der Waals surface area contributed by atoms with Gasteiger partial charge < -0.3 is 4.74 Å². The minimum atomic E-state index is -0.392. The van der Waals surface area contributed by atoms with Gasteiger partial charge in [-0.25, -0.2) is 4.79 Å². The largest absolute Gasteiger partial charge is 0.465 e. The molecule has 0 saturated carbocycles. The lowest BCUT2D eigenvalue weighted by molar-refractivity contribution is -0.113. The van der Waals surface area contributed by atoms with Crippen molar-refractivity contribution in [1.82, 2.24) is 0 Å². The molecule has 3 aromatic carbocycles. The molecule has 4 heteroatoms. The third-order valence-corrected chi connectivity index (χ3v) is 4.12. The average Bonchev–Trinajstić information content (AvgIpc) is 2.77. The average molecular weight is 369 g/mol. The van der Waals surface area contributed by atoms with Crippen LogP contribution in [0.4, 0.5) is 5.69 Å². The number of benzene rings is 3. The number of hydrogen-bond donors (Lipinski definition) is 0. The van der Waals surface area contributed by atoms with E-state index >= 15 is 0 Å². The van der Waals surface area contributed by atoms with E-state index in [1.165, 1.54) is 7.11 Å². The number of amides is 1. The first-order chi connectivity index (χ1) is 13.7. The van der Waals surface area contributed by atoms with Gasteiger partial charge in [0, 0.05) is 17.2 Å². The van der Waals surface area contributed by atoms with Crippen LogP contribution in [0.15, 0.2) is 84.9 Å². The summed E-state index contributed by atoms with van der Waals surface area (Å²) in [5, 5.41) is 0. The first-order valence-corrected chi connectivity index (χ1v) is 8.78. The zero-order chi connectivity index (χ0) is 19.8. The Balaban J connectivity index is 1.85. The van der Waals surface area contributed by atoms with Gasteiger partial charge in [0.2, 0.25) is 0 Å². The third kappa shape index (κ3) is 4.87. The molecule has 0 aliphatic rings. The van der Waals surface area contributed by atoms with Gasteiger partial charge >= 0.3 is 11.9 Å². The molecule has 0 unspecified atom stereocenters. The summed E-state index contributed by atoms with van der Waals surface area (Å²) in [6.07, 6.45) is 0. The molecular weight excluding hydrogens is 350 g/mol. The van der Waals surface area contributed by atoms with Crippen LogP contribution in [0.1, 0.15) is 21.5 Å². The number of carbonyl (C=O) groups is 2. The van der Waals surface area contributed by atoms with Crippen molar-refractivity contribution >= 4 is 17.6 Å². The highest BCUT2D eigenvalue weighted by atomic mass is 16.5. The number of rotatable bonds is 4. The van der Waals surface area contributed by atoms with Crippen LogP contribution in [0.3, 0.4) is 0 Å². The maximum absolute atomic E-state index is 12.8. The number of methoxy groups -OCH3 is 1. The smallest absolute Gasteiger partial charge is 0.337 e. The van der Waals surface area contributed by atoms with Crippen LogP contribution >= 0.6 is 0 Å². The zero-order valence-corrected chi connectivity index (χ0v) is 15.5. The lowest BCUT2D eigenvalue weighted by Gasteiger charge is -2.20. The molecule has 0 N–H and O–H groups in total. The normalized spacial score (nSPS) is 9.75. The van der Waals surface area contributed by atoms with Crippen molar-refractivity contribution in [3.8, 4) is 11.8 Å². The Kier molecular flexibility index (Phi) is 6.22. The molecule has 1 amide bonds. The van der Waals surface area contributed by atoms with Crippen molar-refractivity contribution in [2.45, 2.75) is 6.54 Å². The van der Waals surface area contributed by atoms with Gasteiger partial charge in [-0.2, -0.15) is 0 Å². The van der Waals surface area contributed by atoms with E-state index in [2.05, 4.69) is 11.8 Å². The van der Waals surface area contributed by atoms with Crippen LogP contribution < -0.4 is 4.90 Å². The van der Waals surface area contributed by atoms with Crippen molar-refractivity contribution in [3.63, 3.8) is 0 Å². The number of nitrogens with zero attached hydrogens (tertiary/aromatic N) is 1. The molecule has 0 fully saturated rings. The lowest BCUT2D eigenvalue weighted by atomic mass is 10.1. The van der Waals surface area contributed by atoms with Crippen LogP contribution in [0.5, 0.6) is 0 Å². The molecule has 3 aromatic rings. The molecule has 3 rings (SSSR count). The molecule has 4 nitrogen and oxygen atoms in total. The first-order valence-electron chi connectivity index (χ1n) is 8.78. The number of hydrogen-bond acceptors (Lipinski definition) is 3. The van der Waals surface area contributed by atoms with Gasteiger partial charge in [0.05, 0.1) is 19.2 Å². The molecule has 0 aromatic heterocycles. The molecule has 0 heterocycles. The fourth-order valence-electron chi connectivity index (χ4n) is 2.65. The number of ether oxygens (including phenoxy) is 1. The fourth-order valence-corrected chi connectivity index (χ4v) is 2.65. The summed E-state index contributed by atoms with van der Waals surface area (Å²) in [4.78, 5) is 26.0. The van der Waals surface area contributed by atoms with E-state index in [1.807, 2.05) is 60.7 Å². The zero-order valence-electron chi connectivity index (χ0n) is 15.5. The Morgan fingerprint density at radius 3 is 2.07 bits per heavy atom. The molecule has 0 bridgehead atoms. The summed E-state index contributed by atoms with van der Waals surface area (Å²) < 4.78 is 4.72. The molecule has 138 valence electrons. The van der Waals surface area contributed by atoms with Gasteiger partial charge in [-0.1, -0.05) is 54.5 Å². The summed E-state index contributed by atoms with van der Waals surface area (Å²) in [7, 11) is 1.34. The van der Waals surface area contributed by atoms with Crippen molar-refractivity contribution < 1.29 is 14.3 Å². The molecule has 0 spiro atoms. The second kappa shape index (κ2) is 9.20. The summed E-state index contributed by atoms with van der Waals surface area (Å²) >= 11 is 0. The highest BCUT2D eigenvalue weighted by Gasteiger charge is 2.15. The first kappa shape index (κ1) is 18.9. The maximum atomic E-state index is 12.8. The van der Waals surface area contributed by atoms with Crippen molar-refractivity contribution in [3.05, 3.63) is 102 Å². The van der Waals surface area contributed by atoms with E-state index < -0.39 is 5.97 Å². The predicted octanol–water partition coefficient (Wildman–Crippen LogP) is 4.06. The number of esters is 1. The van der Waals surface area contributed by atoms with Gasteiger partial charge in [-0.05, 0) is 42.0 Å². The molecule has 0 atom stereocenters. The Bertz CT molecular complexity index is 1000. The van der Waals surface area contributed by atoms with Crippen LogP contribution in [0.2, 0.25) is 0 Å². The minimum absolute atomic E-state index is 0.299. The van der Waals surface area contributed by atoms with Crippen LogP contribution in [0, 0.1) is 11.8 Å². The molecular formula is C24H19NO3. The van der Waals surface area contributed by atoms with E-state index in [9.17, 15) is 9.59 Å². The minimum Gasteiger partial charge on any atom is -0.465 e. The van der Waals surface area contributed by atoms with Crippen LogP contribution in [0.25, 0.3) is 0 Å². The Morgan fingerprint density at radius 2 is 1.46 bits per heavy atom. The maximum Gasteiger partial charge on any atom is 0.337 e. The van der Waals surface area contributed by atoms with Gasteiger partial charge in [0.1, 0.15) is 0 Å². The predicted molar refractivity (Wildman–Crippen MR) is 109 cm³/mol. The quantitative estimate of drug-likeness (QED) is 0.515. The van der Waals surface area contributed by atoms with E-state index in [1.54, 1.807) is 29.2 Å². The third-order valence-electron chi connectivity index (χ3n) is 4.12. The fraction of sp³-hybridized carbons (Fsp3) is 0.0833. The van der Waals surface area contributed by atoms with Crippen molar-refractivity contribution in [2.24, 2.45) is 0 Å². The lowest BCUT2D eigenvalue weighted by Crippen LogP contribution is -2.29. The van der Waals surface area contributed by atoms with Gasteiger partial charge in [-0.15, -0.1) is 0 Å².